The molecule has 1 aromatic carbocycles. The van der Waals surface area contributed by atoms with Crippen molar-refractivity contribution >= 4 is 22.9 Å². The van der Waals surface area contributed by atoms with Crippen LogP contribution in [0.3, 0.4) is 0 Å². The van der Waals surface area contributed by atoms with Crippen molar-refractivity contribution in [3.8, 4) is 0 Å². The van der Waals surface area contributed by atoms with Crippen LogP contribution in [0.1, 0.15) is 51.4 Å². The van der Waals surface area contributed by atoms with Crippen LogP contribution >= 0.6 is 0 Å². The first kappa shape index (κ1) is 14.1. The van der Waals surface area contributed by atoms with Gasteiger partial charge in [0.2, 0.25) is 11.9 Å². The Hall–Kier alpha value is -1.84. The molecule has 1 aromatic heterocycles. The third-order valence-corrected chi connectivity index (χ3v) is 4.39. The maximum atomic E-state index is 12.0. The summed E-state index contributed by atoms with van der Waals surface area (Å²) in [4.78, 5) is 19.4. The topological polar surface area (TPSA) is 57.8 Å². The van der Waals surface area contributed by atoms with Crippen molar-refractivity contribution in [2.24, 2.45) is 5.92 Å². The minimum Gasteiger partial charge on any atom is -0.324 e. The van der Waals surface area contributed by atoms with Crippen molar-refractivity contribution < 1.29 is 4.79 Å². The van der Waals surface area contributed by atoms with E-state index in [1.807, 2.05) is 24.3 Å². The minimum absolute atomic E-state index is 0.0601. The number of anilines is 1. The van der Waals surface area contributed by atoms with E-state index in [2.05, 4.69) is 15.3 Å². The second-order valence-corrected chi connectivity index (χ2v) is 6.05. The Bertz CT molecular complexity index is 566. The van der Waals surface area contributed by atoms with Gasteiger partial charge in [-0.1, -0.05) is 44.2 Å². The number of aromatic amines is 1. The SMILES string of the molecule is O=C(CCCC1CCCCC1)Nc1nc2ccccc2[nH]1. The predicted octanol–water partition coefficient (Wildman–Crippen LogP) is 4.25. The van der Waals surface area contributed by atoms with Crippen molar-refractivity contribution in [3.63, 3.8) is 0 Å². The fourth-order valence-electron chi connectivity index (χ4n) is 3.23. The highest BCUT2D eigenvalue weighted by atomic mass is 16.1. The molecule has 2 N–H and O–H groups in total. The van der Waals surface area contributed by atoms with E-state index in [9.17, 15) is 4.79 Å². The molecule has 112 valence electrons. The molecule has 0 spiro atoms. The lowest BCUT2D eigenvalue weighted by atomic mass is 9.86. The second-order valence-electron chi connectivity index (χ2n) is 6.05. The van der Waals surface area contributed by atoms with E-state index in [4.69, 9.17) is 0 Å². The Morgan fingerprint density at radius 1 is 1.24 bits per heavy atom. The smallest absolute Gasteiger partial charge is 0.226 e. The fraction of sp³-hybridized carbons (Fsp3) is 0.529. The maximum Gasteiger partial charge on any atom is 0.226 e. The largest absolute Gasteiger partial charge is 0.324 e. The monoisotopic (exact) mass is 285 g/mol. The van der Waals surface area contributed by atoms with Crippen molar-refractivity contribution in [1.29, 1.82) is 0 Å². The van der Waals surface area contributed by atoms with Gasteiger partial charge >= 0.3 is 0 Å². The Morgan fingerprint density at radius 2 is 2.05 bits per heavy atom. The van der Waals surface area contributed by atoms with Crippen molar-refractivity contribution in [1.82, 2.24) is 9.97 Å². The van der Waals surface area contributed by atoms with Crippen LogP contribution in [0, 0.1) is 5.92 Å². The first-order valence-corrected chi connectivity index (χ1v) is 8.06. The number of benzene rings is 1. The Morgan fingerprint density at radius 3 is 2.86 bits per heavy atom. The van der Waals surface area contributed by atoms with Gasteiger partial charge in [0.15, 0.2) is 0 Å². The molecule has 0 aliphatic heterocycles. The number of amides is 1. The molecule has 4 heteroatoms. The highest BCUT2D eigenvalue weighted by molar-refractivity contribution is 5.90. The standard InChI is InChI=1S/C17H23N3O/c21-16(12-6-9-13-7-2-1-3-8-13)20-17-18-14-10-4-5-11-15(14)19-17/h4-5,10-11,13H,1-3,6-9,12H2,(H2,18,19,20,21). The molecule has 1 aliphatic carbocycles. The number of nitrogens with one attached hydrogen (secondary N) is 2. The van der Waals surface area contributed by atoms with Gasteiger partial charge in [-0.25, -0.2) is 4.98 Å². The third kappa shape index (κ3) is 3.84. The molecule has 0 radical (unpaired) electrons. The highest BCUT2D eigenvalue weighted by Crippen LogP contribution is 2.27. The van der Waals surface area contributed by atoms with Gasteiger partial charge in [0.1, 0.15) is 0 Å². The summed E-state index contributed by atoms with van der Waals surface area (Å²) < 4.78 is 0. The third-order valence-electron chi connectivity index (χ3n) is 4.39. The molecule has 1 saturated carbocycles. The number of imidazole rings is 1. The lowest BCUT2D eigenvalue weighted by Crippen LogP contribution is -2.13. The minimum atomic E-state index is 0.0601. The van der Waals surface area contributed by atoms with Crippen molar-refractivity contribution in [2.45, 2.75) is 51.4 Å². The molecule has 4 nitrogen and oxygen atoms in total. The first-order valence-electron chi connectivity index (χ1n) is 8.06. The molecule has 1 amide bonds. The molecule has 1 fully saturated rings. The van der Waals surface area contributed by atoms with E-state index in [1.165, 1.54) is 38.5 Å². The number of hydrogen-bond acceptors (Lipinski definition) is 2. The molecule has 1 heterocycles. The van der Waals surface area contributed by atoms with Gasteiger partial charge < -0.3 is 4.98 Å². The number of H-pyrrole nitrogens is 1. The number of hydrogen-bond donors (Lipinski definition) is 2. The van der Waals surface area contributed by atoms with Crippen LogP contribution in [0.4, 0.5) is 5.95 Å². The lowest BCUT2D eigenvalue weighted by Gasteiger charge is -2.20. The molecule has 0 atom stereocenters. The summed E-state index contributed by atoms with van der Waals surface area (Å²) in [6, 6.07) is 7.79. The summed E-state index contributed by atoms with van der Waals surface area (Å²) in [7, 11) is 0. The van der Waals surface area contributed by atoms with E-state index in [1.54, 1.807) is 0 Å². The number of carbonyl (C=O) groups excluding carboxylic acids is 1. The molecular weight excluding hydrogens is 262 g/mol. The Labute approximate surface area is 125 Å². The quantitative estimate of drug-likeness (QED) is 0.862. The summed E-state index contributed by atoms with van der Waals surface area (Å²) in [5.41, 5.74) is 1.84. The van der Waals surface area contributed by atoms with E-state index < -0.39 is 0 Å². The highest BCUT2D eigenvalue weighted by Gasteiger charge is 2.14. The lowest BCUT2D eigenvalue weighted by molar-refractivity contribution is -0.116. The average Bonchev–Trinajstić information content (AvgIpc) is 2.90. The van der Waals surface area contributed by atoms with Crippen molar-refractivity contribution in [3.05, 3.63) is 24.3 Å². The predicted molar refractivity (Wildman–Crippen MR) is 85.1 cm³/mol. The van der Waals surface area contributed by atoms with Gasteiger partial charge in [0.25, 0.3) is 0 Å². The van der Waals surface area contributed by atoms with E-state index in [-0.39, 0.29) is 5.91 Å². The van der Waals surface area contributed by atoms with Gasteiger partial charge in [0, 0.05) is 6.42 Å². The van der Waals surface area contributed by atoms with Crippen molar-refractivity contribution in [2.75, 3.05) is 5.32 Å². The zero-order valence-corrected chi connectivity index (χ0v) is 12.4. The molecule has 1 aliphatic rings. The number of rotatable bonds is 5. The summed E-state index contributed by atoms with van der Waals surface area (Å²) in [5, 5.41) is 2.86. The van der Waals surface area contributed by atoms with Crippen LogP contribution in [-0.4, -0.2) is 15.9 Å². The number of nitrogens with zero attached hydrogens (tertiary/aromatic N) is 1. The summed E-state index contributed by atoms with van der Waals surface area (Å²) in [6.45, 7) is 0. The van der Waals surface area contributed by atoms with Crippen LogP contribution in [-0.2, 0) is 4.79 Å². The summed E-state index contributed by atoms with van der Waals surface area (Å²) in [6.07, 6.45) is 9.60. The second kappa shape index (κ2) is 6.74. The summed E-state index contributed by atoms with van der Waals surface area (Å²) >= 11 is 0. The van der Waals surface area contributed by atoms with Crippen LogP contribution in [0.5, 0.6) is 0 Å². The number of para-hydroxylation sites is 2. The van der Waals surface area contributed by atoms with E-state index in [0.29, 0.717) is 12.4 Å². The molecule has 0 saturated heterocycles. The number of fused-ring (bicyclic) bond motifs is 1. The fourth-order valence-corrected chi connectivity index (χ4v) is 3.23. The maximum absolute atomic E-state index is 12.0. The molecule has 0 bridgehead atoms. The zero-order valence-electron chi connectivity index (χ0n) is 12.4. The molecule has 0 unspecified atom stereocenters. The molecule has 3 rings (SSSR count). The van der Waals surface area contributed by atoms with E-state index >= 15 is 0 Å². The van der Waals surface area contributed by atoms with Crippen LogP contribution in [0.15, 0.2) is 24.3 Å². The Balaban J connectivity index is 1.45. The van der Waals surface area contributed by atoms with Gasteiger partial charge in [-0.15, -0.1) is 0 Å². The molecular formula is C17H23N3O. The van der Waals surface area contributed by atoms with Gasteiger partial charge in [-0.2, -0.15) is 0 Å². The van der Waals surface area contributed by atoms with Crippen LogP contribution in [0.25, 0.3) is 11.0 Å². The van der Waals surface area contributed by atoms with Gasteiger partial charge in [-0.05, 0) is 30.9 Å². The zero-order chi connectivity index (χ0) is 14.5. The van der Waals surface area contributed by atoms with E-state index in [0.717, 1.165) is 23.4 Å². The average molecular weight is 285 g/mol. The molecule has 2 aromatic rings. The van der Waals surface area contributed by atoms with Gasteiger partial charge in [-0.3, -0.25) is 10.1 Å². The first-order chi connectivity index (χ1) is 10.3. The number of carbonyl (C=O) groups is 1. The summed E-state index contributed by atoms with van der Waals surface area (Å²) in [5.74, 6) is 1.46. The normalized spacial score (nSPS) is 16.2. The van der Waals surface area contributed by atoms with Gasteiger partial charge in [0.05, 0.1) is 11.0 Å². The van der Waals surface area contributed by atoms with Crippen LogP contribution < -0.4 is 5.32 Å². The Kier molecular flexibility index (Phi) is 4.53. The van der Waals surface area contributed by atoms with Crippen LogP contribution in [0.2, 0.25) is 0 Å². The number of aromatic nitrogens is 2. The molecule has 21 heavy (non-hydrogen) atoms.